The van der Waals surface area contributed by atoms with E-state index in [1.807, 2.05) is 42.6 Å². The first-order chi connectivity index (χ1) is 24.7. The van der Waals surface area contributed by atoms with Crippen LogP contribution in [-0.4, -0.2) is 31.3 Å². The van der Waals surface area contributed by atoms with E-state index in [1.165, 1.54) is 33.5 Å². The Kier molecular flexibility index (Phi) is 11.6. The zero-order valence-electron chi connectivity index (χ0n) is 34.1. The van der Waals surface area contributed by atoms with Gasteiger partial charge in [0.05, 0.1) is 8.07 Å². The number of benzene rings is 4. The van der Waals surface area contributed by atoms with Gasteiger partial charge in [-0.2, -0.15) is 0 Å². The molecular weight excluding hydrogens is 880 g/mol. The summed E-state index contributed by atoms with van der Waals surface area (Å²) in [5.74, 6) is 6.73. The average molecular weight is 933 g/mol. The maximum absolute atomic E-state index is 12.8. The van der Waals surface area contributed by atoms with Crippen molar-refractivity contribution < 1.29 is 28.6 Å². The number of hydrogen-bond acceptors (Lipinski definition) is 2. The van der Waals surface area contributed by atoms with Crippen LogP contribution >= 0.6 is 0 Å². The first-order valence-electron chi connectivity index (χ1n) is 18.6. The molecule has 265 valence electrons. The number of pyridine rings is 2. The van der Waals surface area contributed by atoms with Gasteiger partial charge in [-0.25, -0.2) is 0 Å². The largest absolute Gasteiger partial charge is 0 e. The van der Waals surface area contributed by atoms with E-state index in [0.717, 1.165) is 33.5 Å². The molecule has 0 N–H and O–H groups in total. The number of aromatic nitrogens is 2. The van der Waals surface area contributed by atoms with Crippen LogP contribution in [0.25, 0.3) is 44.8 Å². The number of halogens is 1. The number of nitrogens with zero attached hydrogens (tertiary/aromatic N) is 2. The van der Waals surface area contributed by atoms with Gasteiger partial charge < -0.3 is 4.98 Å². The van der Waals surface area contributed by atoms with Crippen LogP contribution in [0.5, 0.6) is 0 Å². The van der Waals surface area contributed by atoms with Crippen molar-refractivity contribution in [3.8, 4) is 44.8 Å². The van der Waals surface area contributed by atoms with E-state index in [2.05, 4.69) is 128 Å². The first kappa shape index (κ1) is 35.9. The molecule has 0 fully saturated rings. The maximum Gasteiger partial charge on any atom is 0 e. The second kappa shape index (κ2) is 16.5. The van der Waals surface area contributed by atoms with Gasteiger partial charge in [0.1, 0.15) is 0 Å². The quantitative estimate of drug-likeness (QED) is 0.123. The molecule has 0 saturated carbocycles. The molecule has 6 rings (SSSR count). The van der Waals surface area contributed by atoms with Crippen molar-refractivity contribution in [3.05, 3.63) is 145 Å². The van der Waals surface area contributed by atoms with Crippen molar-refractivity contribution in [2.75, 3.05) is 0 Å². The summed E-state index contributed by atoms with van der Waals surface area (Å²) in [5.41, 5.74) is 8.33. The minimum absolute atomic E-state index is 0. The molecule has 0 spiro atoms. The SMILES string of the molecule is [2H]C([2H])([2H])c1cnc(-c2[c-]cccc2)cc1-c1ccc(-c2ccc([Si](C)(C)C)cc2)cc1C(C)(C)C.[CH3][Ge]([CH3])([CH3])[c]1ccc(-c2[c-]cc(F)cc2)nc1.[Ir]. The maximum atomic E-state index is 12.8. The van der Waals surface area contributed by atoms with Crippen molar-refractivity contribution in [1.82, 2.24) is 9.97 Å². The van der Waals surface area contributed by atoms with Gasteiger partial charge in [-0.15, -0.1) is 35.9 Å². The third kappa shape index (κ3) is 10.3. The summed E-state index contributed by atoms with van der Waals surface area (Å²) in [4.78, 5) is 8.94. The third-order valence-corrected chi connectivity index (χ3v) is 15.1. The molecule has 0 amide bonds. The van der Waals surface area contributed by atoms with E-state index in [-0.39, 0.29) is 36.9 Å². The first-order valence-corrected chi connectivity index (χ1v) is 27.9. The fraction of sp³-hybridized carbons (Fsp3) is 0.244. The predicted octanol–water partition coefficient (Wildman–Crippen LogP) is 11.3. The van der Waals surface area contributed by atoms with Crippen LogP contribution in [0.4, 0.5) is 4.39 Å². The van der Waals surface area contributed by atoms with Gasteiger partial charge in [0.15, 0.2) is 0 Å². The van der Waals surface area contributed by atoms with Crippen LogP contribution in [0.3, 0.4) is 0 Å². The molecule has 6 aromatic rings. The molecule has 0 saturated heterocycles. The van der Waals surface area contributed by atoms with Gasteiger partial charge in [0.25, 0.3) is 0 Å². The fourth-order valence-corrected chi connectivity index (χ4v) is 9.02. The Morgan fingerprint density at radius 1 is 0.725 bits per heavy atom. The molecule has 0 aliphatic heterocycles. The van der Waals surface area contributed by atoms with Gasteiger partial charge in [0.2, 0.25) is 0 Å². The van der Waals surface area contributed by atoms with Crippen molar-refractivity contribution in [2.45, 2.75) is 69.9 Å². The topological polar surface area (TPSA) is 25.8 Å². The smallest absolute Gasteiger partial charge is 0 e. The second-order valence-electron chi connectivity index (χ2n) is 15.8. The van der Waals surface area contributed by atoms with E-state index >= 15 is 0 Å². The number of rotatable bonds is 6. The second-order valence-corrected chi connectivity index (χ2v) is 31.6. The molecule has 0 aliphatic rings. The van der Waals surface area contributed by atoms with Gasteiger partial charge in [0, 0.05) is 30.4 Å². The summed E-state index contributed by atoms with van der Waals surface area (Å²) in [7, 11) is -1.37. The van der Waals surface area contributed by atoms with Gasteiger partial charge in [-0.05, 0) is 51.3 Å². The Bertz CT molecular complexity index is 2150. The predicted molar refractivity (Wildman–Crippen MR) is 217 cm³/mol. The summed E-state index contributed by atoms with van der Waals surface area (Å²) in [5, 5.41) is 1.43. The molecule has 1 radical (unpaired) electrons. The van der Waals surface area contributed by atoms with E-state index in [9.17, 15) is 4.39 Å². The molecule has 0 unspecified atom stereocenters. The average Bonchev–Trinajstić information content (AvgIpc) is 3.11. The molecule has 2 nitrogen and oxygen atoms in total. The Morgan fingerprint density at radius 3 is 1.96 bits per heavy atom. The Morgan fingerprint density at radius 2 is 1.41 bits per heavy atom. The van der Waals surface area contributed by atoms with Crippen molar-refractivity contribution in [1.29, 1.82) is 0 Å². The Balaban J connectivity index is 0.000000302. The Labute approximate surface area is 327 Å². The van der Waals surface area contributed by atoms with Crippen molar-refractivity contribution in [3.63, 3.8) is 0 Å². The van der Waals surface area contributed by atoms with Gasteiger partial charge in [-0.1, -0.05) is 94.1 Å². The molecule has 2 aromatic heterocycles. The minimum Gasteiger partial charge on any atom is 0 e. The van der Waals surface area contributed by atoms with Crippen LogP contribution in [0.15, 0.2) is 116 Å². The standard InChI is InChI=1S/C31H34NSi.C14H15FGeN.Ir/c1-22-21-32-30(24-11-9-8-10-12-24)20-28(22)27-18-15-25(19-29(27)31(2,3)4)23-13-16-26(17-14-23)33(5,6)7;1-16(2,3)13-8-9-14(17-10-13)11-4-6-12(15)7-5-11;/h8-11,13-21H,1-7H3;4,6-10H,1-3H3;/q2*-1;/i1D3;;. The zero-order chi connectivity index (χ0) is 38.8. The summed E-state index contributed by atoms with van der Waals surface area (Å²) >= 11 is -1.79. The molecular formula is C45H49FGeIrN2Si-2. The zero-order valence-corrected chi connectivity index (χ0v) is 36.6. The van der Waals surface area contributed by atoms with Crippen molar-refractivity contribution >= 4 is 30.9 Å². The van der Waals surface area contributed by atoms with Crippen LogP contribution in [0.1, 0.15) is 36.0 Å². The normalized spacial score (nSPS) is 12.8. The molecule has 6 heteroatoms. The van der Waals surface area contributed by atoms with Crippen LogP contribution < -0.4 is 9.58 Å². The number of hydrogen-bond donors (Lipinski definition) is 0. The summed E-state index contributed by atoms with van der Waals surface area (Å²) in [6, 6.07) is 39.6. The summed E-state index contributed by atoms with van der Waals surface area (Å²) < 4.78 is 38.8. The molecule has 0 aliphatic carbocycles. The molecule has 4 aromatic carbocycles. The van der Waals surface area contributed by atoms with Crippen molar-refractivity contribution in [2.24, 2.45) is 0 Å². The van der Waals surface area contributed by atoms with Crippen LogP contribution in [0.2, 0.25) is 36.9 Å². The molecule has 51 heavy (non-hydrogen) atoms. The minimum atomic E-state index is -2.28. The van der Waals surface area contributed by atoms with Crippen LogP contribution in [-0.2, 0) is 25.5 Å². The van der Waals surface area contributed by atoms with Crippen LogP contribution in [0, 0.1) is 24.8 Å². The third-order valence-electron chi connectivity index (χ3n) is 8.77. The molecule has 0 atom stereocenters. The van der Waals surface area contributed by atoms with E-state index in [4.69, 9.17) is 4.11 Å². The Hall–Kier alpha value is -3.48. The summed E-state index contributed by atoms with van der Waals surface area (Å²) in [6.45, 7) is 11.3. The van der Waals surface area contributed by atoms with E-state index in [0.29, 0.717) is 11.3 Å². The van der Waals surface area contributed by atoms with Gasteiger partial charge >= 0.3 is 104 Å². The van der Waals surface area contributed by atoms with Gasteiger partial charge in [-0.3, -0.25) is 0 Å². The molecule has 2 heterocycles. The molecule has 0 bridgehead atoms. The van der Waals surface area contributed by atoms with E-state index < -0.39 is 28.2 Å². The fourth-order valence-electron chi connectivity index (χ4n) is 5.68. The monoisotopic (exact) mass is 934 g/mol. The van der Waals surface area contributed by atoms with E-state index in [1.54, 1.807) is 6.07 Å². The summed E-state index contributed by atoms with van der Waals surface area (Å²) in [6.07, 6.45) is 3.46. The number of aryl methyl sites for hydroxylation is 1.